The Bertz CT molecular complexity index is 1210. The molecule has 2 aliphatic rings. The molecule has 0 saturated carbocycles. The third kappa shape index (κ3) is 6.91. The van der Waals surface area contributed by atoms with Crippen molar-refractivity contribution in [1.29, 1.82) is 0 Å². The summed E-state index contributed by atoms with van der Waals surface area (Å²) in [6.07, 6.45) is -0.404. The summed E-state index contributed by atoms with van der Waals surface area (Å²) >= 11 is 1.65. The number of ether oxygens (including phenoxy) is 2. The number of hydrogen-bond acceptors (Lipinski definition) is 9. The van der Waals surface area contributed by atoms with Gasteiger partial charge in [-0.1, -0.05) is 44.7 Å². The van der Waals surface area contributed by atoms with Gasteiger partial charge in [0.25, 0.3) is 11.8 Å². The Hall–Kier alpha value is -3.12. The van der Waals surface area contributed by atoms with E-state index in [2.05, 4.69) is 10.6 Å². The van der Waals surface area contributed by atoms with Crippen LogP contribution < -0.4 is 21.1 Å². The van der Waals surface area contributed by atoms with Crippen LogP contribution in [0.3, 0.4) is 0 Å². The number of para-hydroxylation sites is 1. The number of aliphatic hydroxyl groups excluding tert-OH is 1. The van der Waals surface area contributed by atoms with E-state index >= 15 is 0 Å². The number of carbonyl (C=O) groups is 3. The Morgan fingerprint density at radius 3 is 2.62 bits per heavy atom. The molecule has 0 radical (unpaired) electrons. The average molecular weight is 557 g/mol. The Morgan fingerprint density at radius 1 is 1.18 bits per heavy atom. The number of carbonyl (C=O) groups excluding carboxylic acids is 3. The molecule has 0 bridgehead atoms. The number of nitrogens with two attached hydrogens (primary N) is 1. The van der Waals surface area contributed by atoms with Crippen molar-refractivity contribution in [3.05, 3.63) is 42.5 Å². The number of benzene rings is 2. The zero-order valence-electron chi connectivity index (χ0n) is 22.4. The van der Waals surface area contributed by atoms with Crippen LogP contribution in [0.5, 0.6) is 5.75 Å². The Balaban J connectivity index is 1.39. The fraction of sp³-hybridized carbons (Fsp3) is 0.464. The summed E-state index contributed by atoms with van der Waals surface area (Å²) in [7, 11) is 0. The molecular weight excluding hydrogens is 520 g/mol. The predicted molar refractivity (Wildman–Crippen MR) is 148 cm³/mol. The van der Waals surface area contributed by atoms with Crippen LogP contribution in [0.4, 0.5) is 11.4 Å². The van der Waals surface area contributed by atoms with Crippen LogP contribution in [-0.2, 0) is 19.1 Å². The van der Waals surface area contributed by atoms with Crippen molar-refractivity contribution in [3.8, 4) is 5.75 Å². The minimum atomic E-state index is -1.30. The van der Waals surface area contributed by atoms with Crippen molar-refractivity contribution in [2.75, 3.05) is 18.5 Å². The van der Waals surface area contributed by atoms with Gasteiger partial charge in [-0.3, -0.25) is 19.3 Å². The van der Waals surface area contributed by atoms with Crippen molar-refractivity contribution >= 4 is 40.9 Å². The molecule has 2 aromatic rings. The normalized spacial score (nSPS) is 19.3. The van der Waals surface area contributed by atoms with E-state index < -0.39 is 42.1 Å². The SMILES string of the molecule is CC[C@H](NC(=O)COc1ccc2c(c1)Nc1ccccc1S2)C(=O)N(C(=O)[C@@H](N)CC(C)C)[C@H]1CCOC1O. The molecular formula is C28H36N4O6S. The molecule has 3 amide bonds. The number of aliphatic hydroxyl groups is 1. The van der Waals surface area contributed by atoms with Crippen LogP contribution >= 0.6 is 11.8 Å². The van der Waals surface area contributed by atoms with Crippen LogP contribution in [0.2, 0.25) is 0 Å². The highest BCUT2D eigenvalue weighted by molar-refractivity contribution is 7.99. The first kappa shape index (κ1) is 28.9. The van der Waals surface area contributed by atoms with E-state index in [9.17, 15) is 19.5 Å². The van der Waals surface area contributed by atoms with Gasteiger partial charge in [0.2, 0.25) is 5.91 Å². The van der Waals surface area contributed by atoms with Gasteiger partial charge in [-0.2, -0.15) is 0 Å². The maximum atomic E-state index is 13.5. The lowest BCUT2D eigenvalue weighted by atomic mass is 10.0. The largest absolute Gasteiger partial charge is 0.484 e. The van der Waals surface area contributed by atoms with Gasteiger partial charge in [0.15, 0.2) is 12.9 Å². The summed E-state index contributed by atoms with van der Waals surface area (Å²) in [6.45, 7) is 5.48. The van der Waals surface area contributed by atoms with Crippen molar-refractivity contribution in [2.45, 2.75) is 74.2 Å². The monoisotopic (exact) mass is 556 g/mol. The summed E-state index contributed by atoms with van der Waals surface area (Å²) < 4.78 is 10.9. The van der Waals surface area contributed by atoms with Gasteiger partial charge in [0, 0.05) is 15.9 Å². The lowest BCUT2D eigenvalue weighted by Crippen LogP contribution is -2.59. The van der Waals surface area contributed by atoms with Gasteiger partial charge in [-0.15, -0.1) is 0 Å². The molecule has 2 aromatic carbocycles. The van der Waals surface area contributed by atoms with Crippen LogP contribution in [0.1, 0.15) is 40.0 Å². The Morgan fingerprint density at radius 2 is 1.92 bits per heavy atom. The van der Waals surface area contributed by atoms with E-state index in [1.165, 1.54) is 0 Å². The zero-order chi connectivity index (χ0) is 28.1. The average Bonchev–Trinajstić information content (AvgIpc) is 3.33. The van der Waals surface area contributed by atoms with Gasteiger partial charge in [-0.25, -0.2) is 0 Å². The third-order valence-electron chi connectivity index (χ3n) is 6.62. The molecule has 4 rings (SSSR count). The van der Waals surface area contributed by atoms with Crippen LogP contribution in [0.15, 0.2) is 52.3 Å². The number of hydrogen-bond donors (Lipinski definition) is 4. The lowest BCUT2D eigenvalue weighted by molar-refractivity contribution is -0.159. The van der Waals surface area contributed by atoms with E-state index in [0.717, 1.165) is 26.1 Å². The molecule has 4 atom stereocenters. The number of imide groups is 1. The van der Waals surface area contributed by atoms with Crippen LogP contribution in [-0.4, -0.2) is 65.4 Å². The van der Waals surface area contributed by atoms with E-state index in [0.29, 0.717) is 12.2 Å². The van der Waals surface area contributed by atoms with Gasteiger partial charge < -0.3 is 30.9 Å². The first-order valence-electron chi connectivity index (χ1n) is 13.2. The summed E-state index contributed by atoms with van der Waals surface area (Å²) in [5.41, 5.74) is 8.00. The molecule has 1 saturated heterocycles. The number of anilines is 2. The van der Waals surface area contributed by atoms with Crippen molar-refractivity contribution in [2.24, 2.45) is 11.7 Å². The molecule has 10 nitrogen and oxygen atoms in total. The Kier molecular flexibility index (Phi) is 9.49. The third-order valence-corrected chi connectivity index (χ3v) is 7.77. The first-order valence-corrected chi connectivity index (χ1v) is 14.0. The standard InChI is InChI=1S/C28H36N4O6S/c1-4-19(27(35)32(22-11-12-37-28(22)36)26(34)18(29)13-16(2)3)31-25(33)15-38-17-9-10-24-21(14-17)30-20-7-5-6-8-23(20)39-24/h5-10,14,16,18-19,22,28,30,36H,4,11-13,15,29H2,1-3H3,(H,31,33)/t18-,19-,22-,28?/m0/s1. The summed E-state index contributed by atoms with van der Waals surface area (Å²) in [6, 6.07) is 10.7. The second-order valence-corrected chi connectivity index (χ2v) is 11.2. The van der Waals surface area contributed by atoms with Crippen molar-refractivity contribution in [3.63, 3.8) is 0 Å². The van der Waals surface area contributed by atoms with E-state index in [1.54, 1.807) is 24.8 Å². The highest BCUT2D eigenvalue weighted by Crippen LogP contribution is 2.45. The lowest BCUT2D eigenvalue weighted by Gasteiger charge is -2.33. The zero-order valence-corrected chi connectivity index (χ0v) is 23.2. The summed E-state index contributed by atoms with van der Waals surface area (Å²) in [5, 5.41) is 16.3. The van der Waals surface area contributed by atoms with Gasteiger partial charge >= 0.3 is 0 Å². The van der Waals surface area contributed by atoms with Crippen molar-refractivity contribution < 1.29 is 29.0 Å². The highest BCUT2D eigenvalue weighted by Gasteiger charge is 2.42. The molecule has 0 aromatic heterocycles. The fourth-order valence-corrected chi connectivity index (χ4v) is 5.61. The topological polar surface area (TPSA) is 143 Å². The quantitative estimate of drug-likeness (QED) is 0.296. The Labute approximate surface area is 232 Å². The first-order chi connectivity index (χ1) is 18.7. The number of nitrogens with one attached hydrogen (secondary N) is 2. The second-order valence-electron chi connectivity index (χ2n) is 10.1. The van der Waals surface area contributed by atoms with Gasteiger partial charge in [0.05, 0.1) is 30.1 Å². The summed E-state index contributed by atoms with van der Waals surface area (Å²) in [5.74, 6) is -1.09. The minimum absolute atomic E-state index is 0.136. The van der Waals surface area contributed by atoms with Gasteiger partial charge in [0.1, 0.15) is 11.8 Å². The van der Waals surface area contributed by atoms with Gasteiger partial charge in [-0.05, 0) is 49.4 Å². The van der Waals surface area contributed by atoms with E-state index in [4.69, 9.17) is 15.2 Å². The molecule has 210 valence electrons. The molecule has 2 heterocycles. The number of fused-ring (bicyclic) bond motifs is 2. The molecule has 2 aliphatic heterocycles. The summed E-state index contributed by atoms with van der Waals surface area (Å²) in [4.78, 5) is 42.7. The predicted octanol–water partition coefficient (Wildman–Crippen LogP) is 3.00. The molecule has 5 N–H and O–H groups in total. The van der Waals surface area contributed by atoms with E-state index in [-0.39, 0.29) is 32.0 Å². The maximum absolute atomic E-state index is 13.5. The number of nitrogens with zero attached hydrogens (tertiary/aromatic N) is 1. The van der Waals surface area contributed by atoms with Crippen LogP contribution in [0, 0.1) is 5.92 Å². The molecule has 1 fully saturated rings. The number of amides is 3. The number of rotatable bonds is 10. The van der Waals surface area contributed by atoms with Crippen molar-refractivity contribution in [1.82, 2.24) is 10.2 Å². The smallest absolute Gasteiger partial charge is 0.258 e. The maximum Gasteiger partial charge on any atom is 0.258 e. The van der Waals surface area contributed by atoms with E-state index in [1.807, 2.05) is 50.2 Å². The highest BCUT2D eigenvalue weighted by atomic mass is 32.2. The molecule has 0 spiro atoms. The molecule has 11 heteroatoms. The molecule has 0 aliphatic carbocycles. The molecule has 1 unspecified atom stereocenters. The fourth-order valence-electron chi connectivity index (χ4n) is 4.64. The van der Waals surface area contributed by atoms with Crippen LogP contribution in [0.25, 0.3) is 0 Å². The molecule has 39 heavy (non-hydrogen) atoms. The second kappa shape index (κ2) is 12.8. The minimum Gasteiger partial charge on any atom is -0.484 e.